The number of rotatable bonds is 5. The van der Waals surface area contributed by atoms with Crippen LogP contribution in [-0.2, 0) is 17.6 Å². The van der Waals surface area contributed by atoms with Crippen LogP contribution in [0.4, 0.5) is 0 Å². The largest absolute Gasteiger partial charge is 0.476 e. The minimum atomic E-state index is -1.22. The zero-order chi connectivity index (χ0) is 13.7. The molecule has 0 unspecified atom stereocenters. The number of carboxylic acids is 1. The van der Waals surface area contributed by atoms with Gasteiger partial charge in [-0.2, -0.15) is 0 Å². The lowest BCUT2D eigenvalue weighted by Gasteiger charge is -1.98. The Labute approximate surface area is 114 Å². The Hall–Kier alpha value is -2.14. The molecule has 0 amide bonds. The first-order valence-electron chi connectivity index (χ1n) is 5.79. The third-order valence-electron chi connectivity index (χ3n) is 2.70. The minimum Gasteiger partial charge on any atom is -0.476 e. The summed E-state index contributed by atoms with van der Waals surface area (Å²) in [6.07, 6.45) is 1.74. The van der Waals surface area contributed by atoms with E-state index in [4.69, 9.17) is 10.3 Å². The van der Waals surface area contributed by atoms with Crippen LogP contribution in [0.3, 0.4) is 0 Å². The molecular weight excluding hydrogens is 262 g/mol. The van der Waals surface area contributed by atoms with E-state index in [2.05, 4.69) is 17.3 Å². The number of benzene rings is 1. The molecule has 0 bridgehead atoms. The van der Waals surface area contributed by atoms with Crippen LogP contribution in [0.5, 0.6) is 0 Å². The third kappa shape index (κ3) is 3.42. The Balaban J connectivity index is 2.04. The van der Waals surface area contributed by atoms with E-state index in [9.17, 15) is 4.79 Å². The second-order valence-corrected chi connectivity index (χ2v) is 5.17. The van der Waals surface area contributed by atoms with Gasteiger partial charge in [0.05, 0.1) is 4.88 Å². The molecule has 0 aliphatic heterocycles. The summed E-state index contributed by atoms with van der Waals surface area (Å²) in [6, 6.07) is 13.6. The lowest BCUT2D eigenvalue weighted by atomic mass is 10.1. The van der Waals surface area contributed by atoms with Gasteiger partial charge in [-0.15, -0.1) is 11.3 Å². The Morgan fingerprint density at radius 2 is 1.84 bits per heavy atom. The number of nitrogens with zero attached hydrogens (tertiary/aromatic N) is 1. The summed E-state index contributed by atoms with van der Waals surface area (Å²) < 4.78 is 0. The van der Waals surface area contributed by atoms with Gasteiger partial charge in [-0.25, -0.2) is 4.79 Å². The Bertz CT molecular complexity index is 590. The number of oxime groups is 1. The van der Waals surface area contributed by atoms with Crippen LogP contribution in [0.15, 0.2) is 47.6 Å². The van der Waals surface area contributed by atoms with E-state index >= 15 is 0 Å². The summed E-state index contributed by atoms with van der Waals surface area (Å²) in [5.41, 5.74) is 0.933. The molecule has 0 aliphatic rings. The van der Waals surface area contributed by atoms with E-state index in [0.717, 1.165) is 17.7 Å². The Morgan fingerprint density at radius 3 is 2.47 bits per heavy atom. The second kappa shape index (κ2) is 6.15. The highest BCUT2D eigenvalue weighted by atomic mass is 32.1. The van der Waals surface area contributed by atoms with E-state index in [-0.39, 0.29) is 5.71 Å². The van der Waals surface area contributed by atoms with Gasteiger partial charge in [0, 0.05) is 4.88 Å². The van der Waals surface area contributed by atoms with Crippen molar-refractivity contribution < 1.29 is 15.1 Å². The molecule has 5 heteroatoms. The molecule has 19 heavy (non-hydrogen) atoms. The van der Waals surface area contributed by atoms with Crippen molar-refractivity contribution in [3.63, 3.8) is 0 Å². The smallest absolute Gasteiger partial charge is 0.359 e. The quantitative estimate of drug-likeness (QED) is 0.501. The van der Waals surface area contributed by atoms with Crippen molar-refractivity contribution >= 4 is 23.0 Å². The molecule has 0 aliphatic carbocycles. The molecule has 2 aromatic rings. The average molecular weight is 275 g/mol. The minimum absolute atomic E-state index is 0.309. The maximum Gasteiger partial charge on any atom is 0.359 e. The zero-order valence-electron chi connectivity index (χ0n) is 10.1. The fraction of sp³-hybridized carbons (Fsp3) is 0.143. The van der Waals surface area contributed by atoms with Crippen molar-refractivity contribution in [2.75, 3.05) is 0 Å². The van der Waals surface area contributed by atoms with Gasteiger partial charge in [-0.3, -0.25) is 0 Å². The molecule has 1 heterocycles. The first kappa shape index (κ1) is 13.3. The second-order valence-electron chi connectivity index (χ2n) is 4.01. The van der Waals surface area contributed by atoms with Gasteiger partial charge in [0.2, 0.25) is 5.71 Å². The zero-order valence-corrected chi connectivity index (χ0v) is 10.9. The number of aliphatic carboxylic acids is 1. The fourth-order valence-corrected chi connectivity index (χ4v) is 2.73. The Morgan fingerprint density at radius 1 is 1.11 bits per heavy atom. The molecule has 2 rings (SSSR count). The van der Waals surface area contributed by atoms with Crippen LogP contribution < -0.4 is 0 Å². The molecule has 1 aromatic heterocycles. The van der Waals surface area contributed by atoms with Gasteiger partial charge in [-0.05, 0) is 30.5 Å². The summed E-state index contributed by atoms with van der Waals surface area (Å²) in [5.74, 6) is -1.22. The third-order valence-corrected chi connectivity index (χ3v) is 3.85. The predicted molar refractivity (Wildman–Crippen MR) is 74.1 cm³/mol. The van der Waals surface area contributed by atoms with Gasteiger partial charge in [0.15, 0.2) is 0 Å². The summed E-state index contributed by atoms with van der Waals surface area (Å²) >= 11 is 1.34. The van der Waals surface area contributed by atoms with E-state index in [1.165, 1.54) is 16.9 Å². The number of carboxylic acid groups (broad SMARTS) is 1. The van der Waals surface area contributed by atoms with Crippen LogP contribution in [0.25, 0.3) is 0 Å². The number of hydrogen-bond donors (Lipinski definition) is 2. The molecule has 0 spiro atoms. The SMILES string of the molecule is O=C(O)C(=NO)c1ccc(CCc2ccccc2)s1. The van der Waals surface area contributed by atoms with Crippen molar-refractivity contribution in [1.29, 1.82) is 0 Å². The highest BCUT2D eigenvalue weighted by Gasteiger charge is 2.15. The van der Waals surface area contributed by atoms with Crippen LogP contribution in [-0.4, -0.2) is 22.0 Å². The average Bonchev–Trinajstić information content (AvgIpc) is 2.87. The van der Waals surface area contributed by atoms with Gasteiger partial charge in [0.1, 0.15) is 0 Å². The lowest BCUT2D eigenvalue weighted by molar-refractivity contribution is -0.129. The molecule has 0 fully saturated rings. The van der Waals surface area contributed by atoms with Gasteiger partial charge < -0.3 is 10.3 Å². The summed E-state index contributed by atoms with van der Waals surface area (Å²) in [7, 11) is 0. The van der Waals surface area contributed by atoms with E-state index in [0.29, 0.717) is 4.88 Å². The molecule has 0 saturated heterocycles. The highest BCUT2D eigenvalue weighted by molar-refractivity contribution is 7.14. The molecular formula is C14H13NO3S. The normalized spacial score (nSPS) is 11.5. The summed E-state index contributed by atoms with van der Waals surface area (Å²) in [6.45, 7) is 0. The van der Waals surface area contributed by atoms with Crippen molar-refractivity contribution in [1.82, 2.24) is 0 Å². The maximum atomic E-state index is 10.8. The topological polar surface area (TPSA) is 69.9 Å². The molecule has 98 valence electrons. The van der Waals surface area contributed by atoms with Gasteiger partial charge in [-0.1, -0.05) is 35.5 Å². The van der Waals surface area contributed by atoms with Gasteiger partial charge >= 0.3 is 5.97 Å². The number of carbonyl (C=O) groups is 1. The van der Waals surface area contributed by atoms with E-state index in [1.807, 2.05) is 24.3 Å². The molecule has 0 atom stereocenters. The molecule has 4 nitrogen and oxygen atoms in total. The van der Waals surface area contributed by atoms with Crippen molar-refractivity contribution in [3.8, 4) is 0 Å². The molecule has 1 aromatic carbocycles. The number of hydrogen-bond acceptors (Lipinski definition) is 4. The van der Waals surface area contributed by atoms with Crippen LogP contribution in [0, 0.1) is 0 Å². The van der Waals surface area contributed by atoms with Crippen molar-refractivity contribution in [2.45, 2.75) is 12.8 Å². The standard InChI is InChI=1S/C14H13NO3S/c16-14(17)13(15-18)12-9-8-11(19-12)7-6-10-4-2-1-3-5-10/h1-5,8-9,18H,6-7H2,(H,16,17). The van der Waals surface area contributed by atoms with Crippen LogP contribution in [0.2, 0.25) is 0 Å². The number of aryl methyl sites for hydroxylation is 2. The Kier molecular flexibility index (Phi) is 4.30. The van der Waals surface area contributed by atoms with Crippen molar-refractivity contribution in [2.24, 2.45) is 5.16 Å². The molecule has 0 saturated carbocycles. The summed E-state index contributed by atoms with van der Waals surface area (Å²) in [5, 5.41) is 20.4. The first-order valence-corrected chi connectivity index (χ1v) is 6.60. The monoisotopic (exact) mass is 275 g/mol. The summed E-state index contributed by atoms with van der Waals surface area (Å²) in [4.78, 5) is 12.4. The van der Waals surface area contributed by atoms with Crippen LogP contribution >= 0.6 is 11.3 Å². The molecule has 2 N–H and O–H groups in total. The van der Waals surface area contributed by atoms with E-state index in [1.54, 1.807) is 6.07 Å². The van der Waals surface area contributed by atoms with Crippen molar-refractivity contribution in [3.05, 3.63) is 57.8 Å². The number of thiophene rings is 1. The van der Waals surface area contributed by atoms with E-state index < -0.39 is 5.97 Å². The van der Waals surface area contributed by atoms with Crippen LogP contribution in [0.1, 0.15) is 15.3 Å². The van der Waals surface area contributed by atoms with Gasteiger partial charge in [0.25, 0.3) is 0 Å². The highest BCUT2D eigenvalue weighted by Crippen LogP contribution is 2.19. The lowest BCUT2D eigenvalue weighted by Crippen LogP contribution is -2.12. The fourth-order valence-electron chi connectivity index (χ4n) is 1.75. The molecule has 0 radical (unpaired) electrons. The predicted octanol–water partition coefficient (Wildman–Crippen LogP) is 2.80. The first-order chi connectivity index (χ1) is 9.20. The maximum absolute atomic E-state index is 10.8.